The molecule has 1 aliphatic heterocycles. The first-order chi connectivity index (χ1) is 8.88. The van der Waals surface area contributed by atoms with Gasteiger partial charge in [0, 0.05) is 24.8 Å². The third-order valence-electron chi connectivity index (χ3n) is 3.44. The van der Waals surface area contributed by atoms with E-state index in [4.69, 9.17) is 11.6 Å². The maximum Gasteiger partial charge on any atom is 0.133 e. The first-order valence-electron chi connectivity index (χ1n) is 6.20. The van der Waals surface area contributed by atoms with Crippen LogP contribution >= 0.6 is 11.6 Å². The Morgan fingerprint density at radius 3 is 2.78 bits per heavy atom. The van der Waals surface area contributed by atoms with Gasteiger partial charge in [-0.25, -0.2) is 4.98 Å². The van der Waals surface area contributed by atoms with Crippen molar-refractivity contribution in [1.29, 1.82) is 0 Å². The minimum atomic E-state index is 0.515. The molecule has 0 aliphatic carbocycles. The number of nitrogens with zero attached hydrogens (tertiary/aromatic N) is 2. The van der Waals surface area contributed by atoms with Crippen LogP contribution in [-0.2, 0) is 18.8 Å². The van der Waals surface area contributed by atoms with Crippen LogP contribution < -0.4 is 4.90 Å². The largest absolute Gasteiger partial charge is 0.352 e. The second-order valence-corrected chi connectivity index (χ2v) is 4.83. The molecule has 1 aromatic carbocycles. The van der Waals surface area contributed by atoms with Crippen LogP contribution in [0.1, 0.15) is 16.7 Å². The smallest absolute Gasteiger partial charge is 0.133 e. The van der Waals surface area contributed by atoms with E-state index in [9.17, 15) is 0 Å². The average Bonchev–Trinajstić information content (AvgIpc) is 2.46. The summed E-state index contributed by atoms with van der Waals surface area (Å²) in [6, 6.07) is 12.6. The SMILES string of the molecule is ClCc1cccnc1N1CCc2ccccc2C1. The molecule has 92 valence electrons. The van der Waals surface area contributed by atoms with Crippen molar-refractivity contribution in [3.8, 4) is 0 Å². The van der Waals surface area contributed by atoms with Gasteiger partial charge in [0.25, 0.3) is 0 Å². The van der Waals surface area contributed by atoms with E-state index in [-0.39, 0.29) is 0 Å². The highest BCUT2D eigenvalue weighted by Crippen LogP contribution is 2.26. The third kappa shape index (κ3) is 2.08. The van der Waals surface area contributed by atoms with Gasteiger partial charge in [0.15, 0.2) is 0 Å². The van der Waals surface area contributed by atoms with Gasteiger partial charge in [-0.05, 0) is 23.6 Å². The standard InChI is InChI=1S/C15H15ClN2/c16-10-13-6-3-8-17-15(13)18-9-7-12-4-1-2-5-14(12)11-18/h1-6,8H,7,9-11H2. The van der Waals surface area contributed by atoms with Crippen molar-refractivity contribution in [2.45, 2.75) is 18.8 Å². The minimum Gasteiger partial charge on any atom is -0.352 e. The van der Waals surface area contributed by atoms with Crippen molar-refractivity contribution in [1.82, 2.24) is 4.98 Å². The normalized spacial score (nSPS) is 14.4. The number of hydrogen-bond donors (Lipinski definition) is 0. The van der Waals surface area contributed by atoms with Crippen LogP contribution in [0.2, 0.25) is 0 Å². The third-order valence-corrected chi connectivity index (χ3v) is 3.73. The van der Waals surface area contributed by atoms with Gasteiger partial charge in [-0.3, -0.25) is 0 Å². The molecular formula is C15H15ClN2. The van der Waals surface area contributed by atoms with E-state index < -0.39 is 0 Å². The maximum atomic E-state index is 5.98. The number of alkyl halides is 1. The molecule has 0 N–H and O–H groups in total. The summed E-state index contributed by atoms with van der Waals surface area (Å²) in [4.78, 5) is 6.81. The Labute approximate surface area is 112 Å². The molecule has 0 saturated carbocycles. The zero-order valence-corrected chi connectivity index (χ0v) is 10.9. The predicted molar refractivity (Wildman–Crippen MR) is 75.0 cm³/mol. The first kappa shape index (κ1) is 11.5. The molecule has 0 amide bonds. The number of fused-ring (bicyclic) bond motifs is 1. The van der Waals surface area contributed by atoms with Crippen molar-refractivity contribution < 1.29 is 0 Å². The van der Waals surface area contributed by atoms with Gasteiger partial charge in [-0.2, -0.15) is 0 Å². The summed E-state index contributed by atoms with van der Waals surface area (Å²) in [5.74, 6) is 1.54. The van der Waals surface area contributed by atoms with E-state index in [1.54, 1.807) is 0 Å². The lowest BCUT2D eigenvalue weighted by atomic mass is 10.00. The fraction of sp³-hybridized carbons (Fsp3) is 0.267. The Kier molecular flexibility index (Phi) is 3.20. The number of pyridine rings is 1. The molecule has 18 heavy (non-hydrogen) atoms. The van der Waals surface area contributed by atoms with E-state index in [2.05, 4.69) is 40.2 Å². The topological polar surface area (TPSA) is 16.1 Å². The summed E-state index contributed by atoms with van der Waals surface area (Å²) in [6.45, 7) is 1.94. The summed E-state index contributed by atoms with van der Waals surface area (Å²) >= 11 is 5.98. The van der Waals surface area contributed by atoms with Gasteiger partial charge in [0.1, 0.15) is 5.82 Å². The molecule has 0 unspecified atom stereocenters. The summed E-state index contributed by atoms with van der Waals surface area (Å²) in [5.41, 5.74) is 3.96. The number of aromatic nitrogens is 1. The van der Waals surface area contributed by atoms with E-state index >= 15 is 0 Å². The quantitative estimate of drug-likeness (QED) is 0.768. The summed E-state index contributed by atoms with van der Waals surface area (Å²) in [7, 11) is 0. The highest BCUT2D eigenvalue weighted by atomic mass is 35.5. The highest BCUT2D eigenvalue weighted by molar-refractivity contribution is 6.17. The van der Waals surface area contributed by atoms with Crippen LogP contribution in [0.4, 0.5) is 5.82 Å². The fourth-order valence-electron chi connectivity index (χ4n) is 2.50. The zero-order valence-electron chi connectivity index (χ0n) is 10.1. The predicted octanol–water partition coefficient (Wildman–Crippen LogP) is 3.38. The van der Waals surface area contributed by atoms with Gasteiger partial charge in [-0.1, -0.05) is 30.3 Å². The molecule has 0 saturated heterocycles. The molecule has 1 aliphatic rings. The zero-order chi connectivity index (χ0) is 12.4. The van der Waals surface area contributed by atoms with E-state index in [1.165, 1.54) is 11.1 Å². The molecule has 0 spiro atoms. The molecule has 0 bridgehead atoms. The Morgan fingerprint density at radius 2 is 1.94 bits per heavy atom. The number of halogens is 1. The monoisotopic (exact) mass is 258 g/mol. The molecule has 2 heterocycles. The molecule has 0 fully saturated rings. The van der Waals surface area contributed by atoms with Crippen molar-refractivity contribution >= 4 is 17.4 Å². The second kappa shape index (κ2) is 4.99. The lowest BCUT2D eigenvalue weighted by Gasteiger charge is -2.30. The fourth-order valence-corrected chi connectivity index (χ4v) is 2.70. The Morgan fingerprint density at radius 1 is 1.11 bits per heavy atom. The van der Waals surface area contributed by atoms with Crippen molar-refractivity contribution in [2.24, 2.45) is 0 Å². The van der Waals surface area contributed by atoms with Crippen LogP contribution in [0.15, 0.2) is 42.6 Å². The lowest BCUT2D eigenvalue weighted by molar-refractivity contribution is 0.718. The average molecular weight is 259 g/mol. The molecule has 2 aromatic rings. The first-order valence-corrected chi connectivity index (χ1v) is 6.73. The van der Waals surface area contributed by atoms with Gasteiger partial charge >= 0.3 is 0 Å². The minimum absolute atomic E-state index is 0.515. The molecule has 2 nitrogen and oxygen atoms in total. The number of rotatable bonds is 2. The van der Waals surface area contributed by atoms with Gasteiger partial charge in [0.2, 0.25) is 0 Å². The van der Waals surface area contributed by atoms with Crippen LogP contribution in [0.3, 0.4) is 0 Å². The molecular weight excluding hydrogens is 244 g/mol. The molecule has 1 aromatic heterocycles. The van der Waals surface area contributed by atoms with Crippen LogP contribution in [-0.4, -0.2) is 11.5 Å². The van der Waals surface area contributed by atoms with Crippen LogP contribution in [0.5, 0.6) is 0 Å². The second-order valence-electron chi connectivity index (χ2n) is 4.56. The summed E-state index contributed by atoms with van der Waals surface area (Å²) in [6.07, 6.45) is 2.92. The Balaban J connectivity index is 1.92. The molecule has 3 heteroatoms. The van der Waals surface area contributed by atoms with E-state index in [0.29, 0.717) is 5.88 Å². The van der Waals surface area contributed by atoms with E-state index in [1.807, 2.05) is 12.3 Å². The van der Waals surface area contributed by atoms with Crippen molar-refractivity contribution in [3.05, 3.63) is 59.3 Å². The van der Waals surface area contributed by atoms with E-state index in [0.717, 1.165) is 30.9 Å². The van der Waals surface area contributed by atoms with Gasteiger partial charge in [0.05, 0.1) is 5.88 Å². The number of benzene rings is 1. The Hall–Kier alpha value is -1.54. The molecule has 0 atom stereocenters. The highest BCUT2D eigenvalue weighted by Gasteiger charge is 2.18. The van der Waals surface area contributed by atoms with Crippen molar-refractivity contribution in [3.63, 3.8) is 0 Å². The van der Waals surface area contributed by atoms with Crippen molar-refractivity contribution in [2.75, 3.05) is 11.4 Å². The number of anilines is 1. The lowest BCUT2D eigenvalue weighted by Crippen LogP contribution is -2.31. The van der Waals surface area contributed by atoms with Gasteiger partial charge < -0.3 is 4.90 Å². The molecule has 0 radical (unpaired) electrons. The van der Waals surface area contributed by atoms with Crippen LogP contribution in [0.25, 0.3) is 0 Å². The number of hydrogen-bond acceptors (Lipinski definition) is 2. The molecule has 3 rings (SSSR count). The summed E-state index contributed by atoms with van der Waals surface area (Å²) < 4.78 is 0. The Bertz CT molecular complexity index is 554. The summed E-state index contributed by atoms with van der Waals surface area (Å²) in [5, 5.41) is 0. The van der Waals surface area contributed by atoms with Crippen LogP contribution in [0, 0.1) is 0 Å². The maximum absolute atomic E-state index is 5.98. The van der Waals surface area contributed by atoms with Gasteiger partial charge in [-0.15, -0.1) is 11.6 Å².